The molecule has 1 amide bonds. The van der Waals surface area contributed by atoms with E-state index in [1.54, 1.807) is 18.4 Å². The topological polar surface area (TPSA) is 107 Å². The SMILES string of the molecule is COC(=O)c1cc(CNC(=O)c2csc(CN)n2)oc1C. The van der Waals surface area contributed by atoms with Gasteiger partial charge < -0.3 is 20.2 Å². The zero-order valence-corrected chi connectivity index (χ0v) is 12.5. The maximum Gasteiger partial charge on any atom is 0.341 e. The molecule has 0 fully saturated rings. The Kier molecular flexibility index (Phi) is 4.71. The fraction of sp³-hybridized carbons (Fsp3) is 0.308. The standard InChI is InChI=1S/C13H15N3O4S/c1-7-9(13(18)19-2)3-8(20-7)5-15-12(17)10-6-21-11(4-14)16-10/h3,6H,4-5,14H2,1-2H3,(H,15,17). The van der Waals surface area contributed by atoms with Crippen molar-refractivity contribution in [1.29, 1.82) is 0 Å². The van der Waals surface area contributed by atoms with Gasteiger partial charge in [0.1, 0.15) is 27.8 Å². The molecular weight excluding hydrogens is 294 g/mol. The highest BCUT2D eigenvalue weighted by Gasteiger charge is 2.16. The number of nitrogens with one attached hydrogen (secondary N) is 1. The van der Waals surface area contributed by atoms with Gasteiger partial charge in [0, 0.05) is 11.9 Å². The Labute approximate surface area is 125 Å². The van der Waals surface area contributed by atoms with Gasteiger partial charge in [0.2, 0.25) is 0 Å². The first-order valence-corrected chi connectivity index (χ1v) is 7.03. The van der Waals surface area contributed by atoms with Gasteiger partial charge >= 0.3 is 5.97 Å². The van der Waals surface area contributed by atoms with Crippen LogP contribution in [0.15, 0.2) is 15.9 Å². The number of carbonyl (C=O) groups is 2. The lowest BCUT2D eigenvalue weighted by atomic mass is 10.2. The Bertz CT molecular complexity index is 662. The second kappa shape index (κ2) is 6.51. The predicted octanol–water partition coefficient (Wildman–Crippen LogP) is 1.22. The molecule has 21 heavy (non-hydrogen) atoms. The van der Waals surface area contributed by atoms with Crippen molar-refractivity contribution in [1.82, 2.24) is 10.3 Å². The molecule has 0 bridgehead atoms. The number of thiazole rings is 1. The molecule has 0 saturated carbocycles. The zero-order valence-electron chi connectivity index (χ0n) is 11.6. The summed E-state index contributed by atoms with van der Waals surface area (Å²) in [5, 5.41) is 5.01. The molecule has 0 aromatic carbocycles. The normalized spacial score (nSPS) is 10.4. The van der Waals surface area contributed by atoms with Gasteiger partial charge in [0.15, 0.2) is 0 Å². The van der Waals surface area contributed by atoms with Gasteiger partial charge in [-0.15, -0.1) is 11.3 Å². The van der Waals surface area contributed by atoms with E-state index < -0.39 is 5.97 Å². The molecule has 0 radical (unpaired) electrons. The molecule has 0 saturated heterocycles. The van der Waals surface area contributed by atoms with Gasteiger partial charge in [0.05, 0.1) is 13.7 Å². The molecule has 2 aromatic heterocycles. The second-order valence-electron chi connectivity index (χ2n) is 4.19. The van der Waals surface area contributed by atoms with Crippen LogP contribution in [0.25, 0.3) is 0 Å². The minimum atomic E-state index is -0.471. The van der Waals surface area contributed by atoms with Crippen molar-refractivity contribution in [3.8, 4) is 0 Å². The molecule has 0 atom stereocenters. The summed E-state index contributed by atoms with van der Waals surface area (Å²) in [4.78, 5) is 27.4. The summed E-state index contributed by atoms with van der Waals surface area (Å²) in [6.45, 7) is 2.12. The molecule has 0 aliphatic rings. The minimum Gasteiger partial charge on any atom is -0.465 e. The first-order valence-electron chi connectivity index (χ1n) is 6.15. The number of ether oxygens (including phenoxy) is 1. The quantitative estimate of drug-likeness (QED) is 0.804. The number of nitrogens with two attached hydrogens (primary N) is 1. The van der Waals surface area contributed by atoms with Crippen LogP contribution in [-0.4, -0.2) is 24.0 Å². The molecule has 112 valence electrons. The molecule has 0 spiro atoms. The van der Waals surface area contributed by atoms with Crippen LogP contribution < -0.4 is 11.1 Å². The number of aromatic nitrogens is 1. The highest BCUT2D eigenvalue weighted by atomic mass is 32.1. The number of carbonyl (C=O) groups excluding carboxylic acids is 2. The number of hydrogen-bond donors (Lipinski definition) is 2. The maximum absolute atomic E-state index is 11.9. The van der Waals surface area contributed by atoms with Gasteiger partial charge in [-0.3, -0.25) is 4.79 Å². The second-order valence-corrected chi connectivity index (χ2v) is 5.13. The molecule has 8 heteroatoms. The van der Waals surface area contributed by atoms with Crippen molar-refractivity contribution >= 4 is 23.2 Å². The van der Waals surface area contributed by atoms with E-state index in [0.717, 1.165) is 0 Å². The smallest absolute Gasteiger partial charge is 0.341 e. The van der Waals surface area contributed by atoms with Crippen LogP contribution in [0.3, 0.4) is 0 Å². The minimum absolute atomic E-state index is 0.159. The molecule has 0 unspecified atom stereocenters. The van der Waals surface area contributed by atoms with Crippen molar-refractivity contribution in [2.75, 3.05) is 7.11 Å². The fourth-order valence-corrected chi connectivity index (χ4v) is 2.37. The van der Waals surface area contributed by atoms with E-state index in [4.69, 9.17) is 10.2 Å². The van der Waals surface area contributed by atoms with Crippen LogP contribution in [0, 0.1) is 6.92 Å². The summed E-state index contributed by atoms with van der Waals surface area (Å²) in [6.07, 6.45) is 0. The number of rotatable bonds is 5. The number of aryl methyl sites for hydroxylation is 1. The van der Waals surface area contributed by atoms with E-state index in [9.17, 15) is 9.59 Å². The van der Waals surface area contributed by atoms with Gasteiger partial charge in [-0.25, -0.2) is 9.78 Å². The Balaban J connectivity index is 1.99. The van der Waals surface area contributed by atoms with Crippen LogP contribution in [0.4, 0.5) is 0 Å². The van der Waals surface area contributed by atoms with E-state index in [1.165, 1.54) is 18.4 Å². The summed E-state index contributed by atoms with van der Waals surface area (Å²) in [6, 6.07) is 1.55. The first kappa shape index (κ1) is 15.2. The lowest BCUT2D eigenvalue weighted by molar-refractivity contribution is 0.0598. The summed E-state index contributed by atoms with van der Waals surface area (Å²) in [5.74, 6) is 0.126. The largest absolute Gasteiger partial charge is 0.465 e. The van der Waals surface area contributed by atoms with Crippen molar-refractivity contribution in [3.63, 3.8) is 0 Å². The van der Waals surface area contributed by atoms with E-state index in [-0.39, 0.29) is 12.5 Å². The Morgan fingerprint density at radius 2 is 2.29 bits per heavy atom. The lowest BCUT2D eigenvalue weighted by Crippen LogP contribution is -2.23. The first-order chi connectivity index (χ1) is 10.0. The van der Waals surface area contributed by atoms with E-state index >= 15 is 0 Å². The van der Waals surface area contributed by atoms with E-state index in [0.29, 0.717) is 34.3 Å². The van der Waals surface area contributed by atoms with Gasteiger partial charge in [-0.05, 0) is 13.0 Å². The molecular formula is C13H15N3O4S. The van der Waals surface area contributed by atoms with Gasteiger partial charge in [-0.2, -0.15) is 0 Å². The average Bonchev–Trinajstić information content (AvgIpc) is 3.10. The predicted molar refractivity (Wildman–Crippen MR) is 76.0 cm³/mol. The lowest BCUT2D eigenvalue weighted by Gasteiger charge is -1.99. The number of furan rings is 1. The highest BCUT2D eigenvalue weighted by molar-refractivity contribution is 7.09. The Hall–Kier alpha value is -2.19. The van der Waals surface area contributed by atoms with Crippen LogP contribution in [0.5, 0.6) is 0 Å². The Morgan fingerprint density at radius 3 is 2.90 bits per heavy atom. The van der Waals surface area contributed by atoms with Crippen molar-refractivity contribution in [3.05, 3.63) is 39.2 Å². The number of nitrogens with zero attached hydrogens (tertiary/aromatic N) is 1. The third-order valence-corrected chi connectivity index (χ3v) is 3.63. The van der Waals surface area contributed by atoms with E-state index in [1.807, 2.05) is 0 Å². The monoisotopic (exact) mass is 309 g/mol. The van der Waals surface area contributed by atoms with Crippen LogP contribution in [-0.2, 0) is 17.8 Å². The third-order valence-electron chi connectivity index (χ3n) is 2.76. The molecule has 3 N–H and O–H groups in total. The van der Waals surface area contributed by atoms with Crippen molar-refractivity contribution in [2.24, 2.45) is 5.73 Å². The molecule has 2 heterocycles. The number of amides is 1. The molecule has 0 aliphatic carbocycles. The fourth-order valence-electron chi connectivity index (χ4n) is 1.71. The maximum atomic E-state index is 11.9. The highest BCUT2D eigenvalue weighted by Crippen LogP contribution is 2.16. The molecule has 2 aromatic rings. The average molecular weight is 309 g/mol. The summed E-state index contributed by atoms with van der Waals surface area (Å²) >= 11 is 1.33. The van der Waals surface area contributed by atoms with Crippen LogP contribution in [0.2, 0.25) is 0 Å². The van der Waals surface area contributed by atoms with Crippen molar-refractivity contribution in [2.45, 2.75) is 20.0 Å². The number of methoxy groups -OCH3 is 1. The number of hydrogen-bond acceptors (Lipinski definition) is 7. The summed E-state index contributed by atoms with van der Waals surface area (Å²) in [5.41, 5.74) is 6.11. The van der Waals surface area contributed by atoms with Crippen LogP contribution in [0.1, 0.15) is 37.4 Å². The summed E-state index contributed by atoms with van der Waals surface area (Å²) < 4.78 is 10.0. The zero-order chi connectivity index (χ0) is 15.4. The molecule has 7 nitrogen and oxygen atoms in total. The Morgan fingerprint density at radius 1 is 1.52 bits per heavy atom. The van der Waals surface area contributed by atoms with E-state index in [2.05, 4.69) is 15.0 Å². The van der Waals surface area contributed by atoms with Crippen LogP contribution >= 0.6 is 11.3 Å². The van der Waals surface area contributed by atoms with Gasteiger partial charge in [0.25, 0.3) is 5.91 Å². The van der Waals surface area contributed by atoms with Crippen molar-refractivity contribution < 1.29 is 18.7 Å². The molecule has 2 rings (SSSR count). The van der Waals surface area contributed by atoms with Gasteiger partial charge in [-0.1, -0.05) is 0 Å². The molecule has 0 aliphatic heterocycles. The third kappa shape index (κ3) is 3.47. The summed E-state index contributed by atoms with van der Waals surface area (Å²) in [7, 11) is 1.30. The number of esters is 1.